The minimum Gasteiger partial charge on any atom is -0.462 e. The molecule has 0 aromatic rings. The van der Waals surface area contributed by atoms with Crippen molar-refractivity contribution in [2.24, 2.45) is 56.7 Å². The van der Waals surface area contributed by atoms with Gasteiger partial charge in [0, 0.05) is 11.8 Å². The lowest BCUT2D eigenvalue weighted by Gasteiger charge is -2.63. The van der Waals surface area contributed by atoms with Gasteiger partial charge in [-0.2, -0.15) is 0 Å². The van der Waals surface area contributed by atoms with Gasteiger partial charge in [-0.3, -0.25) is 4.79 Å². The summed E-state index contributed by atoms with van der Waals surface area (Å²) < 4.78 is 6.40. The zero-order chi connectivity index (χ0) is 37.8. The molecule has 0 bridgehead atoms. The van der Waals surface area contributed by atoms with E-state index in [1.54, 1.807) is 0 Å². The maximum Gasteiger partial charge on any atom is 0.306 e. The van der Waals surface area contributed by atoms with Gasteiger partial charge in [0.2, 0.25) is 0 Å². The van der Waals surface area contributed by atoms with Gasteiger partial charge in [-0.1, -0.05) is 130 Å². The van der Waals surface area contributed by atoms with E-state index in [4.69, 9.17) is 4.74 Å². The Bertz CT molecular complexity index is 1260. The van der Waals surface area contributed by atoms with Crippen LogP contribution in [0.25, 0.3) is 0 Å². The third-order valence-corrected chi connectivity index (χ3v) is 17.2. The van der Waals surface area contributed by atoms with E-state index in [9.17, 15) is 9.90 Å². The average molecular weight is 719 g/mol. The Kier molecular flexibility index (Phi) is 13.8. The Hall–Kier alpha value is -1.35. The molecule has 5 rings (SSSR count). The van der Waals surface area contributed by atoms with Crippen molar-refractivity contribution in [3.05, 3.63) is 36.5 Å². The molecule has 0 radical (unpaired) electrons. The van der Waals surface area contributed by atoms with Crippen molar-refractivity contribution in [1.82, 2.24) is 0 Å². The van der Waals surface area contributed by atoms with Crippen LogP contribution in [0.3, 0.4) is 0 Å². The van der Waals surface area contributed by atoms with Crippen molar-refractivity contribution in [2.45, 2.75) is 209 Å². The topological polar surface area (TPSA) is 46.5 Å². The summed E-state index contributed by atoms with van der Waals surface area (Å²) in [6, 6.07) is 0. The first-order chi connectivity index (χ1) is 24.7. The number of carbonyl (C=O) groups is 1. The summed E-state index contributed by atoms with van der Waals surface area (Å²) in [7, 11) is 0. The summed E-state index contributed by atoms with van der Waals surface area (Å²) in [6.45, 7) is 24.2. The van der Waals surface area contributed by atoms with Gasteiger partial charge in [0.15, 0.2) is 0 Å². The lowest BCUT2D eigenvalue weighted by Crippen LogP contribution is -2.58. The standard InChI is InChI=1S/C49H82O3/c1-10-11-19-22-39(50)23-20-17-15-13-12-14-16-18-21-24-44(51)52-43-30-32-48-35-49(48)34-33-46(8)40(38(5)26-25-37(4)36(2)3)29-31-47(46,9)42(49)28-27-41(48)45(43,6)7/h15,17,20,23,36,38-43,50H,4,10-14,16,18-19,21-22,24-35H2,1-3,5-9H3/b17-15-,23-20+/t38-,39-,40-,41+,42+,43+,46-,47+,48-,49+/m1/s1. The number of fused-ring (bicyclic) bond motifs is 2. The number of carbonyl (C=O) groups excluding carboxylic acids is 1. The summed E-state index contributed by atoms with van der Waals surface area (Å²) in [5.41, 5.74) is 3.47. The summed E-state index contributed by atoms with van der Waals surface area (Å²) >= 11 is 0. The van der Waals surface area contributed by atoms with Crippen LogP contribution in [0, 0.1) is 56.7 Å². The van der Waals surface area contributed by atoms with Crippen molar-refractivity contribution in [2.75, 3.05) is 0 Å². The largest absolute Gasteiger partial charge is 0.462 e. The van der Waals surface area contributed by atoms with Crippen molar-refractivity contribution >= 4 is 5.97 Å². The molecule has 3 nitrogen and oxygen atoms in total. The van der Waals surface area contributed by atoms with Crippen molar-refractivity contribution in [3.63, 3.8) is 0 Å². The molecule has 52 heavy (non-hydrogen) atoms. The Labute approximate surface area is 321 Å². The highest BCUT2D eigenvalue weighted by atomic mass is 16.5. The first-order valence-corrected chi connectivity index (χ1v) is 22.6. The first-order valence-electron chi connectivity index (χ1n) is 22.6. The lowest BCUT2D eigenvalue weighted by molar-refractivity contribution is -0.183. The van der Waals surface area contributed by atoms with E-state index in [2.05, 4.69) is 74.1 Å². The molecule has 0 aromatic heterocycles. The van der Waals surface area contributed by atoms with Crippen LogP contribution in [0.1, 0.15) is 197 Å². The van der Waals surface area contributed by atoms with E-state index >= 15 is 0 Å². The molecule has 5 aliphatic rings. The van der Waals surface area contributed by atoms with Crippen molar-refractivity contribution in [3.8, 4) is 0 Å². The molecular weight excluding hydrogens is 637 g/mol. The molecule has 296 valence electrons. The molecule has 0 aromatic carbocycles. The molecular formula is C49H82O3. The highest BCUT2D eigenvalue weighted by Gasteiger charge is 2.82. The number of rotatable bonds is 20. The smallest absolute Gasteiger partial charge is 0.306 e. The van der Waals surface area contributed by atoms with Crippen molar-refractivity contribution < 1.29 is 14.6 Å². The number of aliphatic hydroxyl groups excluding tert-OH is 1. The van der Waals surface area contributed by atoms with Crippen LogP contribution < -0.4 is 0 Å². The monoisotopic (exact) mass is 719 g/mol. The number of esters is 1. The van der Waals surface area contributed by atoms with Gasteiger partial charge < -0.3 is 9.84 Å². The van der Waals surface area contributed by atoms with Crippen LogP contribution >= 0.6 is 0 Å². The normalized spacial score (nSPS) is 37.3. The average Bonchev–Trinajstić information content (AvgIpc) is 3.68. The highest BCUT2D eigenvalue weighted by Crippen LogP contribution is 2.89. The van der Waals surface area contributed by atoms with Crippen LogP contribution in [0.5, 0.6) is 0 Å². The summed E-state index contributed by atoms with van der Waals surface area (Å²) in [5.74, 6) is 3.85. The molecule has 0 heterocycles. The number of aliphatic hydroxyl groups is 1. The molecule has 1 N–H and O–H groups in total. The lowest BCUT2D eigenvalue weighted by atomic mass is 9.41. The van der Waals surface area contributed by atoms with Crippen LogP contribution in [-0.4, -0.2) is 23.3 Å². The van der Waals surface area contributed by atoms with E-state index in [1.165, 1.54) is 102 Å². The molecule has 0 amide bonds. The van der Waals surface area contributed by atoms with Crippen LogP contribution in [0.2, 0.25) is 0 Å². The molecule has 0 unspecified atom stereocenters. The van der Waals surface area contributed by atoms with Gasteiger partial charge in [-0.05, 0) is 148 Å². The fourth-order valence-electron chi connectivity index (χ4n) is 13.7. The first kappa shape index (κ1) is 41.8. The second-order valence-electron chi connectivity index (χ2n) is 20.5. The predicted octanol–water partition coefficient (Wildman–Crippen LogP) is 13.8. The maximum atomic E-state index is 13.2. The number of hydrogen-bond acceptors (Lipinski definition) is 3. The Morgan fingerprint density at radius 1 is 0.788 bits per heavy atom. The zero-order valence-electron chi connectivity index (χ0n) is 35.4. The van der Waals surface area contributed by atoms with Gasteiger partial charge in [-0.15, -0.1) is 0 Å². The summed E-state index contributed by atoms with van der Waals surface area (Å²) in [6.07, 6.45) is 34.3. The minimum atomic E-state index is -0.313. The fraction of sp³-hybridized carbons (Fsp3) is 0.857. The fourth-order valence-corrected chi connectivity index (χ4v) is 13.7. The molecule has 5 aliphatic carbocycles. The molecule has 2 spiro atoms. The Morgan fingerprint density at radius 2 is 1.50 bits per heavy atom. The minimum absolute atomic E-state index is 0.0452. The van der Waals surface area contributed by atoms with Crippen LogP contribution in [0.4, 0.5) is 0 Å². The predicted molar refractivity (Wildman–Crippen MR) is 220 cm³/mol. The maximum absolute atomic E-state index is 13.2. The van der Waals surface area contributed by atoms with E-state index in [1.807, 2.05) is 12.2 Å². The second-order valence-corrected chi connectivity index (χ2v) is 20.5. The van der Waals surface area contributed by atoms with Crippen LogP contribution in [-0.2, 0) is 9.53 Å². The summed E-state index contributed by atoms with van der Waals surface area (Å²) in [4.78, 5) is 13.2. The molecule has 10 atom stereocenters. The molecule has 5 saturated carbocycles. The van der Waals surface area contributed by atoms with Crippen molar-refractivity contribution in [1.29, 1.82) is 0 Å². The van der Waals surface area contributed by atoms with E-state index in [0.717, 1.165) is 56.3 Å². The number of ether oxygens (including phenoxy) is 1. The zero-order valence-corrected chi connectivity index (χ0v) is 35.4. The van der Waals surface area contributed by atoms with E-state index in [0.29, 0.717) is 39.9 Å². The molecule has 5 fully saturated rings. The molecule has 3 heteroatoms. The van der Waals surface area contributed by atoms with E-state index < -0.39 is 0 Å². The Morgan fingerprint density at radius 3 is 2.25 bits per heavy atom. The third-order valence-electron chi connectivity index (χ3n) is 17.2. The van der Waals surface area contributed by atoms with Crippen LogP contribution in [0.15, 0.2) is 36.5 Å². The number of allylic oxidation sites excluding steroid dienone is 4. The summed E-state index contributed by atoms with van der Waals surface area (Å²) in [5, 5.41) is 9.99. The van der Waals surface area contributed by atoms with Gasteiger partial charge >= 0.3 is 5.97 Å². The van der Waals surface area contributed by atoms with Gasteiger partial charge in [0.25, 0.3) is 0 Å². The number of unbranched alkanes of at least 4 members (excludes halogenated alkanes) is 7. The van der Waals surface area contributed by atoms with Gasteiger partial charge in [0.1, 0.15) is 6.10 Å². The SMILES string of the molecule is C=C(CC[C@@H](C)[C@H]1CC[C@@]2(C)[C@@H]3CC[C@H]4C(C)(C)[C@@H](OC(=O)CCCCCCC/C=C\C=C\[C@H](O)CCCCC)CC[C@@]45C[C@@]35CC[C@]12C)C(C)C. The molecule has 0 aliphatic heterocycles. The highest BCUT2D eigenvalue weighted by molar-refractivity contribution is 5.69. The second kappa shape index (κ2) is 17.2. The van der Waals surface area contributed by atoms with Gasteiger partial charge in [-0.25, -0.2) is 0 Å². The van der Waals surface area contributed by atoms with Gasteiger partial charge in [0.05, 0.1) is 6.10 Å². The van der Waals surface area contributed by atoms with E-state index in [-0.39, 0.29) is 23.6 Å². The molecule has 0 saturated heterocycles. The number of hydrogen-bond donors (Lipinski definition) is 1. The quantitative estimate of drug-likeness (QED) is 0.0590. The Balaban J connectivity index is 1.05. The third kappa shape index (κ3) is 8.12.